The van der Waals surface area contributed by atoms with Gasteiger partial charge in [-0.1, -0.05) is 0 Å². The van der Waals surface area contributed by atoms with Gasteiger partial charge in [-0.3, -0.25) is 9.10 Å². The molecule has 1 aliphatic heterocycles. The lowest BCUT2D eigenvalue weighted by atomic mass is 9.99. The number of ketones is 1. The van der Waals surface area contributed by atoms with E-state index >= 15 is 0 Å². The van der Waals surface area contributed by atoms with Gasteiger partial charge in [0.2, 0.25) is 10.0 Å². The molecule has 0 saturated carbocycles. The number of thiophene rings is 1. The Bertz CT molecular complexity index is 978. The molecule has 27 heavy (non-hydrogen) atoms. The van der Waals surface area contributed by atoms with Crippen LogP contribution in [-0.2, 0) is 26.0 Å². The third-order valence-corrected chi connectivity index (χ3v) is 6.06. The van der Waals surface area contributed by atoms with Gasteiger partial charge in [0.1, 0.15) is 0 Å². The minimum absolute atomic E-state index is 0.327. The van der Waals surface area contributed by atoms with Crippen LogP contribution in [0.1, 0.15) is 27.9 Å². The molecule has 0 spiro atoms. The maximum absolute atomic E-state index is 12.3. The predicted octanol–water partition coefficient (Wildman–Crippen LogP) is 2.90. The third-order valence-electron chi connectivity index (χ3n) is 4.18. The van der Waals surface area contributed by atoms with E-state index in [1.54, 1.807) is 24.3 Å². The fraction of sp³-hybridized carbons (Fsp3) is 0.263. The maximum Gasteiger partial charge on any atom is 0.331 e. The molecule has 3 rings (SSSR count). The SMILES string of the molecule is CS(=O)(=O)N1CCCc2cc(C(=O)COC(=O)/C=C/c3ccsc3)ccc21. The minimum atomic E-state index is -3.35. The highest BCUT2D eigenvalue weighted by Crippen LogP contribution is 2.30. The van der Waals surface area contributed by atoms with E-state index in [0.717, 1.165) is 11.1 Å². The molecule has 0 amide bonds. The molecule has 0 atom stereocenters. The number of carbonyl (C=O) groups excluding carboxylic acids is 2. The molecule has 0 saturated heterocycles. The van der Waals surface area contributed by atoms with Gasteiger partial charge in [0, 0.05) is 18.2 Å². The lowest BCUT2D eigenvalue weighted by molar-refractivity contribution is -0.136. The highest BCUT2D eigenvalue weighted by Gasteiger charge is 2.24. The van der Waals surface area contributed by atoms with Gasteiger partial charge >= 0.3 is 5.97 Å². The lowest BCUT2D eigenvalue weighted by Crippen LogP contribution is -2.34. The first kappa shape index (κ1) is 19.3. The zero-order valence-electron chi connectivity index (χ0n) is 14.8. The normalized spacial score (nSPS) is 14.2. The number of hydrogen-bond acceptors (Lipinski definition) is 6. The summed E-state index contributed by atoms with van der Waals surface area (Å²) < 4.78 is 30.1. The zero-order chi connectivity index (χ0) is 19.4. The van der Waals surface area contributed by atoms with E-state index in [0.29, 0.717) is 30.6 Å². The summed E-state index contributed by atoms with van der Waals surface area (Å²) in [5, 5.41) is 3.79. The van der Waals surface area contributed by atoms with Gasteiger partial charge in [-0.05, 0) is 65.1 Å². The fourth-order valence-electron chi connectivity index (χ4n) is 2.88. The Labute approximate surface area is 162 Å². The quantitative estimate of drug-likeness (QED) is 0.419. The summed E-state index contributed by atoms with van der Waals surface area (Å²) in [6.45, 7) is 0.0780. The van der Waals surface area contributed by atoms with Gasteiger partial charge in [-0.15, -0.1) is 0 Å². The lowest BCUT2D eigenvalue weighted by Gasteiger charge is -2.29. The molecule has 8 heteroatoms. The van der Waals surface area contributed by atoms with Crippen molar-refractivity contribution < 1.29 is 22.7 Å². The van der Waals surface area contributed by atoms with Crippen LogP contribution in [-0.4, -0.2) is 39.6 Å². The van der Waals surface area contributed by atoms with E-state index in [9.17, 15) is 18.0 Å². The number of Topliss-reactive ketones (excluding diaryl/α,β-unsaturated/α-hetero) is 1. The summed E-state index contributed by atoms with van der Waals surface area (Å²) in [6.07, 6.45) is 5.48. The van der Waals surface area contributed by atoms with Crippen molar-refractivity contribution in [2.24, 2.45) is 0 Å². The first-order chi connectivity index (χ1) is 12.8. The van der Waals surface area contributed by atoms with Crippen molar-refractivity contribution in [3.05, 3.63) is 57.8 Å². The molecule has 6 nitrogen and oxygen atoms in total. The monoisotopic (exact) mass is 405 g/mol. The van der Waals surface area contributed by atoms with Gasteiger partial charge in [-0.25, -0.2) is 13.2 Å². The van der Waals surface area contributed by atoms with E-state index in [4.69, 9.17) is 4.74 Å². The summed E-state index contributed by atoms with van der Waals surface area (Å²) in [5.41, 5.74) is 2.71. The Kier molecular flexibility index (Phi) is 5.76. The number of anilines is 1. The number of aryl methyl sites for hydroxylation is 1. The molecule has 1 aliphatic rings. The van der Waals surface area contributed by atoms with Gasteiger partial charge in [-0.2, -0.15) is 11.3 Å². The third kappa shape index (κ3) is 4.84. The standard InChI is InChI=1S/C19H19NO5S2/c1-27(23,24)20-9-2-3-15-11-16(5-6-17(15)20)18(21)12-25-19(22)7-4-14-8-10-26-13-14/h4-8,10-11,13H,2-3,9,12H2,1H3/b7-4+. The average Bonchev–Trinajstić information content (AvgIpc) is 3.16. The molecule has 0 fully saturated rings. The minimum Gasteiger partial charge on any atom is -0.454 e. The van der Waals surface area contributed by atoms with Crippen LogP contribution < -0.4 is 4.31 Å². The Hall–Kier alpha value is -2.45. The fourth-order valence-corrected chi connectivity index (χ4v) is 4.51. The molecule has 0 N–H and O–H groups in total. The molecule has 2 aromatic rings. The van der Waals surface area contributed by atoms with Crippen LogP contribution in [0.4, 0.5) is 5.69 Å². The van der Waals surface area contributed by atoms with Crippen molar-refractivity contribution in [3.8, 4) is 0 Å². The number of fused-ring (bicyclic) bond motifs is 1. The van der Waals surface area contributed by atoms with E-state index in [2.05, 4.69) is 0 Å². The Morgan fingerprint density at radius 2 is 2.11 bits per heavy atom. The number of nitrogens with zero attached hydrogens (tertiary/aromatic N) is 1. The topological polar surface area (TPSA) is 80.8 Å². The van der Waals surface area contributed by atoms with Gasteiger partial charge in [0.15, 0.2) is 12.4 Å². The summed E-state index contributed by atoms with van der Waals surface area (Å²) in [5.74, 6) is -0.915. The van der Waals surface area contributed by atoms with Crippen molar-refractivity contribution in [1.29, 1.82) is 0 Å². The molecular formula is C19H19NO5S2. The first-order valence-electron chi connectivity index (χ1n) is 8.35. The number of sulfonamides is 1. The number of hydrogen-bond donors (Lipinski definition) is 0. The van der Waals surface area contributed by atoms with Crippen LogP contribution >= 0.6 is 11.3 Å². The van der Waals surface area contributed by atoms with Crippen LogP contribution in [0, 0.1) is 0 Å². The molecule has 1 aromatic carbocycles. The maximum atomic E-state index is 12.3. The van der Waals surface area contributed by atoms with Crippen LogP contribution in [0.2, 0.25) is 0 Å². The summed E-state index contributed by atoms with van der Waals surface area (Å²) in [7, 11) is -3.35. The smallest absolute Gasteiger partial charge is 0.331 e. The second kappa shape index (κ2) is 8.06. The van der Waals surface area contributed by atoms with E-state index in [-0.39, 0.29) is 12.4 Å². The molecule has 0 aliphatic carbocycles. The number of benzene rings is 1. The van der Waals surface area contributed by atoms with E-state index in [1.807, 2.05) is 16.8 Å². The number of rotatable bonds is 6. The Balaban J connectivity index is 1.65. The summed E-state index contributed by atoms with van der Waals surface area (Å²) in [4.78, 5) is 24.0. The highest BCUT2D eigenvalue weighted by molar-refractivity contribution is 7.92. The Morgan fingerprint density at radius 3 is 2.81 bits per heavy atom. The summed E-state index contributed by atoms with van der Waals surface area (Å²) >= 11 is 1.52. The van der Waals surface area contributed by atoms with Gasteiger partial charge in [0.05, 0.1) is 11.9 Å². The van der Waals surface area contributed by atoms with Crippen molar-refractivity contribution >= 4 is 44.9 Å². The number of ether oxygens (including phenoxy) is 1. The van der Waals surface area contributed by atoms with Crippen LogP contribution in [0.25, 0.3) is 6.08 Å². The van der Waals surface area contributed by atoms with Crippen LogP contribution in [0.5, 0.6) is 0 Å². The number of carbonyl (C=O) groups is 2. The highest BCUT2D eigenvalue weighted by atomic mass is 32.2. The predicted molar refractivity (Wildman–Crippen MR) is 106 cm³/mol. The van der Waals surface area contributed by atoms with Crippen LogP contribution in [0.3, 0.4) is 0 Å². The summed E-state index contributed by atoms with van der Waals surface area (Å²) in [6, 6.07) is 6.76. The van der Waals surface area contributed by atoms with Crippen molar-refractivity contribution in [1.82, 2.24) is 0 Å². The first-order valence-corrected chi connectivity index (χ1v) is 11.1. The molecule has 0 bridgehead atoms. The number of esters is 1. The van der Waals surface area contributed by atoms with Gasteiger partial charge < -0.3 is 4.74 Å². The van der Waals surface area contributed by atoms with Crippen LogP contribution in [0.15, 0.2) is 41.1 Å². The molecule has 2 heterocycles. The Morgan fingerprint density at radius 1 is 1.30 bits per heavy atom. The average molecular weight is 405 g/mol. The van der Waals surface area contributed by atoms with Gasteiger partial charge in [0.25, 0.3) is 0 Å². The zero-order valence-corrected chi connectivity index (χ0v) is 16.4. The molecule has 142 valence electrons. The molecule has 0 unspecified atom stereocenters. The second-order valence-electron chi connectivity index (χ2n) is 6.20. The molecule has 1 aromatic heterocycles. The van der Waals surface area contributed by atoms with Crippen molar-refractivity contribution in [2.45, 2.75) is 12.8 Å². The van der Waals surface area contributed by atoms with Crippen molar-refractivity contribution in [2.75, 3.05) is 23.7 Å². The van der Waals surface area contributed by atoms with E-state index in [1.165, 1.54) is 28.0 Å². The molecular weight excluding hydrogens is 386 g/mol. The largest absolute Gasteiger partial charge is 0.454 e. The molecule has 0 radical (unpaired) electrons. The van der Waals surface area contributed by atoms with E-state index < -0.39 is 16.0 Å². The van der Waals surface area contributed by atoms with Crippen molar-refractivity contribution in [3.63, 3.8) is 0 Å². The second-order valence-corrected chi connectivity index (χ2v) is 8.89.